The molecule has 2 aromatic carbocycles. The maximum absolute atomic E-state index is 14.0. The minimum Gasteiger partial charge on any atom is -0.493 e. The number of methoxy groups -OCH3 is 2. The van der Waals surface area contributed by atoms with Gasteiger partial charge in [0.05, 0.1) is 14.2 Å². The summed E-state index contributed by atoms with van der Waals surface area (Å²) in [5.74, 6) is 5.40. The van der Waals surface area contributed by atoms with Crippen LogP contribution in [0, 0.1) is 17.8 Å². The monoisotopic (exact) mass is 439 g/mol. The Labute approximate surface area is 178 Å². The van der Waals surface area contributed by atoms with Crippen LogP contribution in [-0.2, 0) is 5.60 Å². The summed E-state index contributed by atoms with van der Waals surface area (Å²) < 4.78 is 52.5. The SMILES string of the molecule is COc1ccc(N(C)c2ccc(Cl)cc2[C@@](O)(C#CC2CC2)C(F)(F)F)cc1OC. The normalized spacial score (nSPS) is 15.6. The lowest BCUT2D eigenvalue weighted by atomic mass is 9.91. The molecule has 0 heterocycles. The Bertz CT molecular complexity index is 995. The van der Waals surface area contributed by atoms with Crippen molar-refractivity contribution in [2.75, 3.05) is 26.2 Å². The van der Waals surface area contributed by atoms with E-state index in [2.05, 4.69) is 11.8 Å². The fourth-order valence-electron chi connectivity index (χ4n) is 2.99. The van der Waals surface area contributed by atoms with Gasteiger partial charge in [0.25, 0.3) is 0 Å². The molecule has 4 nitrogen and oxygen atoms in total. The van der Waals surface area contributed by atoms with E-state index in [0.717, 1.165) is 18.9 Å². The standard InChI is InChI=1S/C22H21ClF3NO3/c1-27(16-7-9-19(29-2)20(13-16)30-3)18-8-6-15(23)12-17(18)21(28,22(24,25)26)11-10-14-4-5-14/h6-9,12-14,28H,4-5H2,1-3H3/t21-/m0/s1. The molecular weight excluding hydrogens is 419 g/mol. The summed E-state index contributed by atoms with van der Waals surface area (Å²) in [4.78, 5) is 1.50. The number of alkyl halides is 3. The third kappa shape index (κ3) is 4.30. The summed E-state index contributed by atoms with van der Waals surface area (Å²) in [5, 5.41) is 10.8. The van der Waals surface area contributed by atoms with Gasteiger partial charge in [0.2, 0.25) is 5.60 Å². The van der Waals surface area contributed by atoms with E-state index in [0.29, 0.717) is 17.2 Å². The summed E-state index contributed by atoms with van der Waals surface area (Å²) in [6, 6.07) is 8.92. The Kier molecular flexibility index (Phi) is 6.11. The average molecular weight is 440 g/mol. The van der Waals surface area contributed by atoms with Crippen molar-refractivity contribution in [2.45, 2.75) is 24.6 Å². The first kappa shape index (κ1) is 22.1. The first-order chi connectivity index (χ1) is 14.1. The highest BCUT2D eigenvalue weighted by Crippen LogP contribution is 2.45. The van der Waals surface area contributed by atoms with Crippen LogP contribution in [0.15, 0.2) is 36.4 Å². The van der Waals surface area contributed by atoms with Crippen molar-refractivity contribution in [1.29, 1.82) is 0 Å². The second-order valence-electron chi connectivity index (χ2n) is 7.01. The number of ether oxygens (including phenoxy) is 2. The van der Waals surface area contributed by atoms with E-state index in [9.17, 15) is 18.3 Å². The Morgan fingerprint density at radius 3 is 2.30 bits per heavy atom. The maximum Gasteiger partial charge on any atom is 0.433 e. The van der Waals surface area contributed by atoms with Gasteiger partial charge in [0, 0.05) is 41.0 Å². The van der Waals surface area contributed by atoms with Crippen molar-refractivity contribution < 1.29 is 27.8 Å². The highest BCUT2D eigenvalue weighted by Gasteiger charge is 2.56. The molecule has 1 fully saturated rings. The van der Waals surface area contributed by atoms with Crippen molar-refractivity contribution >= 4 is 23.0 Å². The minimum atomic E-state index is -5.02. The lowest BCUT2D eigenvalue weighted by Crippen LogP contribution is -2.42. The van der Waals surface area contributed by atoms with Crippen molar-refractivity contribution in [3.63, 3.8) is 0 Å². The summed E-state index contributed by atoms with van der Waals surface area (Å²) in [5.41, 5.74) is -3.17. The average Bonchev–Trinajstić information content (AvgIpc) is 3.54. The second-order valence-corrected chi connectivity index (χ2v) is 7.45. The zero-order valence-electron chi connectivity index (χ0n) is 16.7. The highest BCUT2D eigenvalue weighted by atomic mass is 35.5. The molecule has 8 heteroatoms. The van der Waals surface area contributed by atoms with Gasteiger partial charge in [0.15, 0.2) is 11.5 Å². The minimum absolute atomic E-state index is 0.0605. The van der Waals surface area contributed by atoms with Crippen LogP contribution in [-0.4, -0.2) is 32.6 Å². The van der Waals surface area contributed by atoms with Crippen molar-refractivity contribution in [2.24, 2.45) is 5.92 Å². The molecule has 1 atom stereocenters. The molecule has 0 amide bonds. The molecule has 0 saturated heterocycles. The summed E-state index contributed by atoms with van der Waals surface area (Å²) in [6.07, 6.45) is -3.56. The molecule has 0 radical (unpaired) electrons. The first-order valence-electron chi connectivity index (χ1n) is 9.18. The van der Waals surface area contributed by atoms with Gasteiger partial charge in [-0.1, -0.05) is 23.4 Å². The van der Waals surface area contributed by atoms with E-state index in [1.54, 1.807) is 25.2 Å². The fourth-order valence-corrected chi connectivity index (χ4v) is 3.16. The smallest absolute Gasteiger partial charge is 0.433 e. The van der Waals surface area contributed by atoms with Gasteiger partial charge in [-0.2, -0.15) is 13.2 Å². The molecule has 0 spiro atoms. The van der Waals surface area contributed by atoms with Crippen LogP contribution in [0.2, 0.25) is 5.02 Å². The summed E-state index contributed by atoms with van der Waals surface area (Å²) in [7, 11) is 4.53. The molecule has 1 saturated carbocycles. The first-order valence-corrected chi connectivity index (χ1v) is 9.56. The van der Waals surface area contributed by atoms with Crippen LogP contribution in [0.4, 0.5) is 24.5 Å². The predicted octanol–water partition coefficient (Wildman–Crippen LogP) is 5.29. The van der Waals surface area contributed by atoms with Gasteiger partial charge < -0.3 is 19.5 Å². The van der Waals surface area contributed by atoms with Crippen LogP contribution in [0.5, 0.6) is 11.5 Å². The Morgan fingerprint density at radius 2 is 1.73 bits per heavy atom. The second kappa shape index (κ2) is 8.29. The van der Waals surface area contributed by atoms with Crippen molar-refractivity contribution in [1.82, 2.24) is 0 Å². The number of hydrogen-bond acceptors (Lipinski definition) is 4. The molecule has 30 heavy (non-hydrogen) atoms. The van der Waals surface area contributed by atoms with Crippen LogP contribution >= 0.6 is 11.6 Å². The van der Waals surface area contributed by atoms with Gasteiger partial charge in [0.1, 0.15) is 0 Å². The predicted molar refractivity (Wildman–Crippen MR) is 110 cm³/mol. The number of nitrogens with zero attached hydrogens (tertiary/aromatic N) is 1. The molecule has 1 aliphatic rings. The van der Waals surface area contributed by atoms with E-state index < -0.39 is 17.3 Å². The Balaban J connectivity index is 2.14. The summed E-state index contributed by atoms with van der Waals surface area (Å²) >= 11 is 6.00. The molecule has 160 valence electrons. The number of hydrogen-bond donors (Lipinski definition) is 1. The van der Waals surface area contributed by atoms with E-state index >= 15 is 0 Å². The third-order valence-corrected chi connectivity index (χ3v) is 5.14. The van der Waals surface area contributed by atoms with E-state index in [1.165, 1.54) is 31.3 Å². The van der Waals surface area contributed by atoms with E-state index in [-0.39, 0.29) is 16.6 Å². The molecular formula is C22H21ClF3NO3. The molecule has 2 aromatic rings. The number of rotatable bonds is 5. The van der Waals surface area contributed by atoms with E-state index in [1.807, 2.05) is 0 Å². The molecule has 0 bridgehead atoms. The van der Waals surface area contributed by atoms with Crippen LogP contribution in [0.3, 0.4) is 0 Å². The molecule has 0 aromatic heterocycles. The van der Waals surface area contributed by atoms with Gasteiger partial charge in [-0.15, -0.1) is 0 Å². The quantitative estimate of drug-likeness (QED) is 0.643. The fraction of sp³-hybridized carbons (Fsp3) is 0.364. The zero-order valence-corrected chi connectivity index (χ0v) is 17.4. The molecule has 1 N–H and O–H groups in total. The lowest BCUT2D eigenvalue weighted by Gasteiger charge is -2.31. The molecule has 0 unspecified atom stereocenters. The van der Waals surface area contributed by atoms with Gasteiger partial charge in [-0.25, -0.2) is 0 Å². The summed E-state index contributed by atoms with van der Waals surface area (Å²) in [6.45, 7) is 0. The number of benzene rings is 2. The Morgan fingerprint density at radius 1 is 1.07 bits per heavy atom. The van der Waals surface area contributed by atoms with E-state index in [4.69, 9.17) is 21.1 Å². The van der Waals surface area contributed by atoms with Gasteiger partial charge in [-0.05, 0) is 43.2 Å². The van der Waals surface area contributed by atoms with Crippen LogP contribution in [0.25, 0.3) is 0 Å². The van der Waals surface area contributed by atoms with Gasteiger partial charge >= 0.3 is 6.18 Å². The lowest BCUT2D eigenvalue weighted by molar-refractivity contribution is -0.240. The number of anilines is 2. The third-order valence-electron chi connectivity index (χ3n) is 4.91. The van der Waals surface area contributed by atoms with Crippen molar-refractivity contribution in [3.8, 4) is 23.3 Å². The van der Waals surface area contributed by atoms with Crippen LogP contribution in [0.1, 0.15) is 18.4 Å². The largest absolute Gasteiger partial charge is 0.493 e. The Hall–Kier alpha value is -2.56. The number of halogens is 4. The topological polar surface area (TPSA) is 41.9 Å². The van der Waals surface area contributed by atoms with Gasteiger partial charge in [-0.3, -0.25) is 0 Å². The molecule has 1 aliphatic carbocycles. The highest BCUT2D eigenvalue weighted by molar-refractivity contribution is 6.30. The molecule has 0 aliphatic heterocycles. The maximum atomic E-state index is 14.0. The zero-order chi connectivity index (χ0) is 22.1. The van der Waals surface area contributed by atoms with Crippen molar-refractivity contribution in [3.05, 3.63) is 47.0 Å². The number of aliphatic hydroxyl groups is 1. The molecule has 3 rings (SSSR count). The van der Waals surface area contributed by atoms with Crippen LogP contribution < -0.4 is 14.4 Å².